The van der Waals surface area contributed by atoms with Gasteiger partial charge in [0.1, 0.15) is 0 Å². The summed E-state index contributed by atoms with van der Waals surface area (Å²) in [5.41, 5.74) is 2.08. The van der Waals surface area contributed by atoms with E-state index in [0.717, 1.165) is 16.9 Å². The number of tetrazole rings is 1. The molecule has 2 rings (SSSR count). The van der Waals surface area contributed by atoms with Crippen molar-refractivity contribution in [2.45, 2.75) is 18.2 Å². The van der Waals surface area contributed by atoms with Crippen molar-refractivity contribution in [1.29, 1.82) is 0 Å². The smallest absolute Gasteiger partial charge is 0.303 e. The normalized spacial score (nSPS) is 12.3. The van der Waals surface area contributed by atoms with E-state index in [1.54, 1.807) is 0 Å². The molecule has 2 aromatic rings. The lowest BCUT2D eigenvalue weighted by Crippen LogP contribution is -2.27. The number of benzene rings is 1. The van der Waals surface area contributed by atoms with Crippen molar-refractivity contribution in [3.63, 3.8) is 0 Å². The Bertz CT molecular complexity index is 723. The minimum atomic E-state index is -3.73. The monoisotopic (exact) mass is 324 g/mol. The minimum absolute atomic E-state index is 0.253. The highest BCUT2D eigenvalue weighted by molar-refractivity contribution is 7.88. The number of rotatable bonds is 6. The summed E-state index contributed by atoms with van der Waals surface area (Å²) in [6.07, 6.45) is 0. The third kappa shape index (κ3) is 3.87. The summed E-state index contributed by atoms with van der Waals surface area (Å²) in [6.45, 7) is 1.10. The van der Waals surface area contributed by atoms with Crippen LogP contribution in [0.25, 0.3) is 0 Å². The molecule has 0 aliphatic carbocycles. The predicted molar refractivity (Wildman–Crippen MR) is 81.3 cm³/mol. The van der Waals surface area contributed by atoms with Gasteiger partial charge in [-0.15, -0.1) is 5.10 Å². The molecule has 120 valence electrons. The first-order valence-corrected chi connectivity index (χ1v) is 8.16. The Labute approximate surface area is 130 Å². The number of nitrogens with zero attached hydrogens (tertiary/aromatic N) is 6. The molecule has 0 radical (unpaired) electrons. The SMILES string of the molecule is CN(C)Cc1ccc(CN(C)S(=O)(=O)c2nnn(C)n2)cc1. The Morgan fingerprint density at radius 2 is 1.59 bits per heavy atom. The van der Waals surface area contributed by atoms with Crippen LogP contribution in [-0.2, 0) is 30.2 Å². The van der Waals surface area contributed by atoms with Crippen molar-refractivity contribution < 1.29 is 8.42 Å². The van der Waals surface area contributed by atoms with Crippen LogP contribution in [0.4, 0.5) is 0 Å². The summed E-state index contributed by atoms with van der Waals surface area (Å²) >= 11 is 0. The third-order valence-electron chi connectivity index (χ3n) is 3.06. The van der Waals surface area contributed by atoms with Crippen LogP contribution in [0.15, 0.2) is 29.4 Å². The van der Waals surface area contributed by atoms with Crippen molar-refractivity contribution in [2.75, 3.05) is 21.1 Å². The average Bonchev–Trinajstić information content (AvgIpc) is 2.87. The topological polar surface area (TPSA) is 84.2 Å². The zero-order valence-corrected chi connectivity index (χ0v) is 13.9. The molecular weight excluding hydrogens is 304 g/mol. The molecule has 1 aromatic carbocycles. The lowest BCUT2D eigenvalue weighted by atomic mass is 10.1. The summed E-state index contributed by atoms with van der Waals surface area (Å²) < 4.78 is 25.8. The van der Waals surface area contributed by atoms with Crippen molar-refractivity contribution >= 4 is 10.0 Å². The first kappa shape index (κ1) is 16.5. The molecule has 0 saturated carbocycles. The summed E-state index contributed by atoms with van der Waals surface area (Å²) in [6, 6.07) is 7.84. The Morgan fingerprint density at radius 1 is 1.05 bits per heavy atom. The van der Waals surface area contributed by atoms with E-state index >= 15 is 0 Å². The first-order chi connectivity index (χ1) is 10.3. The van der Waals surface area contributed by atoms with Gasteiger partial charge >= 0.3 is 5.16 Å². The molecule has 0 spiro atoms. The van der Waals surface area contributed by atoms with Crippen molar-refractivity contribution in [1.82, 2.24) is 29.4 Å². The summed E-state index contributed by atoms with van der Waals surface area (Å²) in [7, 11) is 3.30. The van der Waals surface area contributed by atoms with Crippen LogP contribution in [-0.4, -0.2) is 59.0 Å². The van der Waals surface area contributed by atoms with Gasteiger partial charge in [-0.25, -0.2) is 8.42 Å². The quantitative estimate of drug-likeness (QED) is 0.749. The fourth-order valence-corrected chi connectivity index (χ4v) is 2.93. The van der Waals surface area contributed by atoms with Gasteiger partial charge in [-0.3, -0.25) is 0 Å². The highest BCUT2D eigenvalue weighted by atomic mass is 32.2. The molecule has 0 unspecified atom stereocenters. The van der Waals surface area contributed by atoms with Crippen LogP contribution >= 0.6 is 0 Å². The van der Waals surface area contributed by atoms with Crippen molar-refractivity contribution in [3.05, 3.63) is 35.4 Å². The lowest BCUT2D eigenvalue weighted by molar-refractivity contribution is 0.402. The van der Waals surface area contributed by atoms with Gasteiger partial charge in [0.25, 0.3) is 10.0 Å². The Hall–Kier alpha value is -1.84. The lowest BCUT2D eigenvalue weighted by Gasteiger charge is -2.15. The summed E-state index contributed by atoms with van der Waals surface area (Å²) in [5.74, 6) is 0. The zero-order chi connectivity index (χ0) is 16.3. The van der Waals surface area contributed by atoms with Crippen LogP contribution in [0.3, 0.4) is 0 Å². The van der Waals surface area contributed by atoms with Crippen LogP contribution in [0.5, 0.6) is 0 Å². The largest absolute Gasteiger partial charge is 0.305 e. The maximum Gasteiger partial charge on any atom is 0.303 e. The van der Waals surface area contributed by atoms with Crippen LogP contribution < -0.4 is 0 Å². The highest BCUT2D eigenvalue weighted by Gasteiger charge is 2.26. The second kappa shape index (κ2) is 6.51. The van der Waals surface area contributed by atoms with E-state index < -0.39 is 10.0 Å². The predicted octanol–water partition coefficient (Wildman–Crippen LogP) is 0.0924. The fraction of sp³-hybridized carbons (Fsp3) is 0.462. The minimum Gasteiger partial charge on any atom is -0.305 e. The van der Waals surface area contributed by atoms with Crippen LogP contribution in [0.1, 0.15) is 11.1 Å². The Balaban J connectivity index is 2.09. The average molecular weight is 324 g/mol. The number of aryl methyl sites for hydroxylation is 1. The summed E-state index contributed by atoms with van der Waals surface area (Å²) in [5, 5.41) is 10.6. The highest BCUT2D eigenvalue weighted by Crippen LogP contribution is 2.13. The van der Waals surface area contributed by atoms with Gasteiger partial charge in [0.15, 0.2) is 0 Å². The number of sulfonamides is 1. The van der Waals surface area contributed by atoms with Gasteiger partial charge in [-0.2, -0.15) is 9.10 Å². The van der Waals surface area contributed by atoms with E-state index in [-0.39, 0.29) is 11.7 Å². The van der Waals surface area contributed by atoms with E-state index in [4.69, 9.17) is 0 Å². The van der Waals surface area contributed by atoms with Crippen LogP contribution in [0, 0.1) is 0 Å². The van der Waals surface area contributed by atoms with Crippen LogP contribution in [0.2, 0.25) is 0 Å². The van der Waals surface area contributed by atoms with Gasteiger partial charge in [0.2, 0.25) is 0 Å². The van der Waals surface area contributed by atoms with E-state index in [9.17, 15) is 8.42 Å². The molecular formula is C13H20N6O2S. The molecule has 1 heterocycles. The first-order valence-electron chi connectivity index (χ1n) is 6.72. The molecule has 0 aliphatic rings. The molecule has 0 fully saturated rings. The maximum absolute atomic E-state index is 12.3. The molecule has 0 amide bonds. The van der Waals surface area contributed by atoms with Gasteiger partial charge < -0.3 is 4.90 Å². The molecule has 0 atom stereocenters. The second-order valence-electron chi connectivity index (χ2n) is 5.38. The van der Waals surface area contributed by atoms with E-state index in [1.807, 2.05) is 38.4 Å². The molecule has 0 N–H and O–H groups in total. The maximum atomic E-state index is 12.3. The molecule has 22 heavy (non-hydrogen) atoms. The zero-order valence-electron chi connectivity index (χ0n) is 13.1. The third-order valence-corrected chi connectivity index (χ3v) is 4.63. The molecule has 9 heteroatoms. The Kier molecular flexibility index (Phi) is 4.89. The second-order valence-corrected chi connectivity index (χ2v) is 7.32. The van der Waals surface area contributed by atoms with Gasteiger partial charge in [-0.05, 0) is 30.4 Å². The van der Waals surface area contributed by atoms with Gasteiger partial charge in [0.05, 0.1) is 7.05 Å². The number of hydrogen-bond donors (Lipinski definition) is 0. The molecule has 8 nitrogen and oxygen atoms in total. The van der Waals surface area contributed by atoms with E-state index in [0.29, 0.717) is 0 Å². The standard InChI is InChI=1S/C13H20N6O2S/c1-17(2)9-11-5-7-12(8-6-11)10-18(3)22(20,21)13-14-16-19(4)15-13/h5-8H,9-10H2,1-4H3. The number of hydrogen-bond acceptors (Lipinski definition) is 6. The number of aromatic nitrogens is 4. The molecule has 0 aliphatic heterocycles. The van der Waals surface area contributed by atoms with Gasteiger partial charge in [0, 0.05) is 20.1 Å². The summed E-state index contributed by atoms with van der Waals surface area (Å²) in [4.78, 5) is 3.20. The molecule has 1 aromatic heterocycles. The van der Waals surface area contributed by atoms with E-state index in [2.05, 4.69) is 20.3 Å². The molecule has 0 saturated heterocycles. The fourth-order valence-electron chi connectivity index (χ4n) is 1.97. The van der Waals surface area contributed by atoms with Gasteiger partial charge in [-0.1, -0.05) is 29.4 Å². The Morgan fingerprint density at radius 3 is 2.05 bits per heavy atom. The van der Waals surface area contributed by atoms with Crippen molar-refractivity contribution in [2.24, 2.45) is 7.05 Å². The molecule has 0 bridgehead atoms. The van der Waals surface area contributed by atoms with Crippen molar-refractivity contribution in [3.8, 4) is 0 Å². The van der Waals surface area contributed by atoms with E-state index in [1.165, 1.54) is 24.0 Å².